The van der Waals surface area contributed by atoms with E-state index in [0.29, 0.717) is 5.56 Å². The molecule has 2 nitrogen and oxygen atoms in total. The highest BCUT2D eigenvalue weighted by Gasteiger charge is 2.27. The minimum Gasteiger partial charge on any atom is -0.491 e. The summed E-state index contributed by atoms with van der Waals surface area (Å²) in [5.41, 5.74) is 1.42. The van der Waals surface area contributed by atoms with Gasteiger partial charge in [-0.1, -0.05) is 36.9 Å². The molecule has 0 N–H and O–H groups in total. The Morgan fingerprint density at radius 1 is 0.909 bits per heavy atom. The van der Waals surface area contributed by atoms with Crippen LogP contribution in [0.3, 0.4) is 0 Å². The topological polar surface area (TPSA) is 18.5 Å². The van der Waals surface area contributed by atoms with Crippen LogP contribution in [0, 0.1) is 23.3 Å². The summed E-state index contributed by atoms with van der Waals surface area (Å²) in [6, 6.07) is 6.72. The molecule has 22 heavy (non-hydrogen) atoms. The van der Waals surface area contributed by atoms with Crippen LogP contribution in [-0.4, -0.2) is 7.11 Å². The fraction of sp³-hybridized carbons (Fsp3) is 0.125. The smallest absolute Gasteiger partial charge is 0.207 e. The lowest BCUT2D eigenvalue weighted by Gasteiger charge is -2.12. The van der Waals surface area contributed by atoms with Crippen LogP contribution in [0.4, 0.5) is 17.6 Å². The summed E-state index contributed by atoms with van der Waals surface area (Å²) in [5.74, 6) is -8.81. The van der Waals surface area contributed by atoms with E-state index < -0.39 is 34.8 Å². The van der Waals surface area contributed by atoms with Gasteiger partial charge < -0.3 is 9.47 Å². The summed E-state index contributed by atoms with van der Waals surface area (Å²) in [6.45, 7) is 3.33. The molecule has 6 heteroatoms. The van der Waals surface area contributed by atoms with E-state index in [4.69, 9.17) is 4.74 Å². The normalized spacial score (nSPS) is 10.4. The molecule has 0 aliphatic carbocycles. The predicted octanol–water partition coefficient (Wildman–Crippen LogP) is 4.47. The molecule has 0 saturated heterocycles. The first-order valence-electron chi connectivity index (χ1n) is 6.23. The highest BCUT2D eigenvalue weighted by atomic mass is 19.2. The van der Waals surface area contributed by atoms with Crippen molar-refractivity contribution < 1.29 is 27.0 Å². The zero-order chi connectivity index (χ0) is 16.3. The van der Waals surface area contributed by atoms with Crippen molar-refractivity contribution >= 4 is 6.08 Å². The van der Waals surface area contributed by atoms with Gasteiger partial charge in [0.05, 0.1) is 7.11 Å². The van der Waals surface area contributed by atoms with Crippen molar-refractivity contribution in [2.24, 2.45) is 0 Å². The van der Waals surface area contributed by atoms with Crippen molar-refractivity contribution in [1.29, 1.82) is 0 Å². The van der Waals surface area contributed by atoms with E-state index >= 15 is 0 Å². The van der Waals surface area contributed by atoms with Gasteiger partial charge in [0.25, 0.3) is 0 Å². The van der Waals surface area contributed by atoms with Crippen molar-refractivity contribution in [2.45, 2.75) is 6.61 Å². The molecule has 0 heterocycles. The number of hydrogen-bond acceptors (Lipinski definition) is 2. The van der Waals surface area contributed by atoms with Gasteiger partial charge in [-0.25, -0.2) is 0 Å². The van der Waals surface area contributed by atoms with Crippen molar-refractivity contribution in [3.8, 4) is 11.5 Å². The van der Waals surface area contributed by atoms with E-state index in [-0.39, 0.29) is 6.61 Å². The molecule has 0 aliphatic rings. The standard InChI is InChI=1S/C16H12F4O2/c1-3-9-4-6-10(7-5-9)8-22-16-13(19)11(17)15(21-2)12(18)14(16)20/h3-7H,1,8H2,2H3. The van der Waals surface area contributed by atoms with Crippen molar-refractivity contribution in [2.75, 3.05) is 7.11 Å². The van der Waals surface area contributed by atoms with Crippen molar-refractivity contribution in [3.63, 3.8) is 0 Å². The molecule has 0 amide bonds. The van der Waals surface area contributed by atoms with Crippen LogP contribution in [-0.2, 0) is 6.61 Å². The molecule has 0 aliphatic heterocycles. The molecule has 0 bridgehead atoms. The second-order valence-electron chi connectivity index (χ2n) is 4.35. The zero-order valence-electron chi connectivity index (χ0n) is 11.6. The molecule has 0 aromatic heterocycles. The fourth-order valence-corrected chi connectivity index (χ4v) is 1.80. The lowest BCUT2D eigenvalue weighted by Crippen LogP contribution is -2.06. The van der Waals surface area contributed by atoms with Gasteiger partial charge in [0.1, 0.15) is 6.61 Å². The molecule has 0 saturated carbocycles. The Balaban J connectivity index is 2.27. The van der Waals surface area contributed by atoms with Gasteiger partial charge in [-0.3, -0.25) is 0 Å². The molecule has 0 atom stereocenters. The lowest BCUT2D eigenvalue weighted by atomic mass is 10.1. The number of benzene rings is 2. The summed E-state index contributed by atoms with van der Waals surface area (Å²) in [5, 5.41) is 0. The Kier molecular flexibility index (Phi) is 4.70. The van der Waals surface area contributed by atoms with E-state index in [2.05, 4.69) is 11.3 Å². The molecule has 0 spiro atoms. The van der Waals surface area contributed by atoms with Gasteiger partial charge in [0, 0.05) is 0 Å². The van der Waals surface area contributed by atoms with Crippen LogP contribution in [0.2, 0.25) is 0 Å². The number of halogens is 4. The van der Waals surface area contributed by atoms with Crippen LogP contribution in [0.15, 0.2) is 30.8 Å². The van der Waals surface area contributed by atoms with E-state index in [0.717, 1.165) is 12.7 Å². The summed E-state index contributed by atoms with van der Waals surface area (Å²) in [7, 11) is 0.905. The first-order chi connectivity index (χ1) is 10.5. The number of ether oxygens (including phenoxy) is 2. The molecule has 2 aromatic rings. The van der Waals surface area contributed by atoms with Crippen molar-refractivity contribution in [1.82, 2.24) is 0 Å². The summed E-state index contributed by atoms with van der Waals surface area (Å²) < 4.78 is 63.6. The first kappa shape index (κ1) is 15.9. The Labute approximate surface area is 124 Å². The van der Waals surface area contributed by atoms with Gasteiger partial charge in [-0.05, 0) is 11.1 Å². The molecule has 2 aromatic carbocycles. The molecule has 0 unspecified atom stereocenters. The summed E-state index contributed by atoms with van der Waals surface area (Å²) in [6.07, 6.45) is 1.62. The zero-order valence-corrected chi connectivity index (χ0v) is 11.6. The van der Waals surface area contributed by atoms with Crippen LogP contribution >= 0.6 is 0 Å². The predicted molar refractivity (Wildman–Crippen MR) is 73.7 cm³/mol. The highest BCUT2D eigenvalue weighted by molar-refractivity contribution is 5.47. The maximum atomic E-state index is 13.7. The fourth-order valence-electron chi connectivity index (χ4n) is 1.80. The average Bonchev–Trinajstić information content (AvgIpc) is 2.54. The SMILES string of the molecule is C=Cc1ccc(COc2c(F)c(F)c(OC)c(F)c2F)cc1. The lowest BCUT2D eigenvalue weighted by molar-refractivity contribution is 0.251. The Bertz CT molecular complexity index is 667. The second kappa shape index (κ2) is 6.51. The summed E-state index contributed by atoms with van der Waals surface area (Å²) in [4.78, 5) is 0. The monoisotopic (exact) mass is 312 g/mol. The van der Waals surface area contributed by atoms with Gasteiger partial charge in [0.2, 0.25) is 23.3 Å². The Morgan fingerprint density at radius 2 is 1.41 bits per heavy atom. The Morgan fingerprint density at radius 3 is 1.86 bits per heavy atom. The van der Waals surface area contributed by atoms with E-state index in [1.54, 1.807) is 30.3 Å². The maximum absolute atomic E-state index is 13.7. The molecular weight excluding hydrogens is 300 g/mol. The van der Waals surface area contributed by atoms with Crippen LogP contribution in [0.1, 0.15) is 11.1 Å². The quantitative estimate of drug-likeness (QED) is 0.599. The molecule has 2 rings (SSSR count). The molecule has 116 valence electrons. The van der Waals surface area contributed by atoms with E-state index in [1.807, 2.05) is 0 Å². The Hall–Kier alpha value is -2.50. The van der Waals surface area contributed by atoms with Gasteiger partial charge in [0.15, 0.2) is 11.5 Å². The second-order valence-corrected chi connectivity index (χ2v) is 4.35. The largest absolute Gasteiger partial charge is 0.491 e. The molecule has 0 fully saturated rings. The minimum atomic E-state index is -1.64. The van der Waals surface area contributed by atoms with Gasteiger partial charge >= 0.3 is 0 Å². The van der Waals surface area contributed by atoms with Gasteiger partial charge in [-0.15, -0.1) is 0 Å². The summed E-state index contributed by atoms with van der Waals surface area (Å²) >= 11 is 0. The molecular formula is C16H12F4O2. The maximum Gasteiger partial charge on any atom is 0.207 e. The minimum absolute atomic E-state index is 0.254. The van der Waals surface area contributed by atoms with Crippen molar-refractivity contribution in [3.05, 3.63) is 65.2 Å². The van der Waals surface area contributed by atoms with Crippen LogP contribution < -0.4 is 9.47 Å². The number of methoxy groups -OCH3 is 1. The van der Waals surface area contributed by atoms with E-state index in [9.17, 15) is 17.6 Å². The molecule has 0 radical (unpaired) electrons. The third-order valence-electron chi connectivity index (χ3n) is 2.99. The highest BCUT2D eigenvalue weighted by Crippen LogP contribution is 2.34. The van der Waals surface area contributed by atoms with E-state index in [1.165, 1.54) is 0 Å². The third kappa shape index (κ3) is 2.90. The number of hydrogen-bond donors (Lipinski definition) is 0. The third-order valence-corrected chi connectivity index (χ3v) is 2.99. The number of rotatable bonds is 5. The van der Waals surface area contributed by atoms with Crippen LogP contribution in [0.5, 0.6) is 11.5 Å². The average molecular weight is 312 g/mol. The van der Waals surface area contributed by atoms with Crippen LogP contribution in [0.25, 0.3) is 6.08 Å². The van der Waals surface area contributed by atoms with Gasteiger partial charge in [-0.2, -0.15) is 17.6 Å². The first-order valence-corrected chi connectivity index (χ1v) is 6.23.